The molecule has 0 aliphatic heterocycles. The van der Waals surface area contributed by atoms with Gasteiger partial charge >= 0.3 is 0 Å². The minimum atomic E-state index is 0.0783. The molecule has 4 heteroatoms. The van der Waals surface area contributed by atoms with Crippen molar-refractivity contribution in [2.45, 2.75) is 39.0 Å². The summed E-state index contributed by atoms with van der Waals surface area (Å²) in [7, 11) is 1.65. The Kier molecular flexibility index (Phi) is 5.37. The lowest BCUT2D eigenvalue weighted by atomic mass is 9.95. The van der Waals surface area contributed by atoms with Crippen molar-refractivity contribution in [3.63, 3.8) is 0 Å². The third kappa shape index (κ3) is 4.19. The van der Waals surface area contributed by atoms with E-state index < -0.39 is 0 Å². The Bertz CT molecular complexity index is 793. The van der Waals surface area contributed by atoms with E-state index in [4.69, 9.17) is 4.74 Å². The lowest BCUT2D eigenvalue weighted by Gasteiger charge is -2.12. The van der Waals surface area contributed by atoms with Gasteiger partial charge in [-0.25, -0.2) is 0 Å². The van der Waals surface area contributed by atoms with Gasteiger partial charge in [-0.1, -0.05) is 13.0 Å². The molecule has 4 nitrogen and oxygen atoms in total. The Morgan fingerprint density at radius 1 is 1.20 bits per heavy atom. The first-order valence-corrected chi connectivity index (χ1v) is 9.04. The number of rotatable bonds is 8. The number of hydrogen-bond acceptors (Lipinski definition) is 3. The van der Waals surface area contributed by atoms with Crippen LogP contribution >= 0.6 is 0 Å². The second-order valence-corrected chi connectivity index (χ2v) is 6.71. The molecule has 2 aromatic carbocycles. The number of nitrogens with one attached hydrogen (secondary N) is 1. The molecule has 1 fully saturated rings. The largest absolute Gasteiger partial charge is 0.497 e. The van der Waals surface area contributed by atoms with Gasteiger partial charge in [-0.2, -0.15) is 0 Å². The quantitative estimate of drug-likeness (QED) is 0.742. The summed E-state index contributed by atoms with van der Waals surface area (Å²) < 4.78 is 5.34. The van der Waals surface area contributed by atoms with Crippen molar-refractivity contribution < 1.29 is 14.3 Å². The lowest BCUT2D eigenvalue weighted by Crippen LogP contribution is -2.25. The van der Waals surface area contributed by atoms with E-state index in [9.17, 15) is 9.59 Å². The van der Waals surface area contributed by atoms with Gasteiger partial charge in [0.2, 0.25) is 5.91 Å². The highest BCUT2D eigenvalue weighted by atomic mass is 16.5. The van der Waals surface area contributed by atoms with E-state index in [1.807, 2.05) is 37.3 Å². The van der Waals surface area contributed by atoms with Crippen molar-refractivity contribution in [3.05, 3.63) is 41.5 Å². The van der Waals surface area contributed by atoms with Crippen LogP contribution in [0.3, 0.4) is 0 Å². The summed E-state index contributed by atoms with van der Waals surface area (Å²) in [6.45, 7) is 2.57. The zero-order valence-electron chi connectivity index (χ0n) is 14.9. The van der Waals surface area contributed by atoms with Crippen LogP contribution < -0.4 is 10.1 Å². The molecule has 1 aliphatic rings. The lowest BCUT2D eigenvalue weighted by molar-refractivity contribution is -0.121. The van der Waals surface area contributed by atoms with Crippen molar-refractivity contribution in [1.29, 1.82) is 0 Å². The summed E-state index contributed by atoms with van der Waals surface area (Å²) in [6.07, 6.45) is 4.10. The zero-order valence-corrected chi connectivity index (χ0v) is 14.9. The van der Waals surface area contributed by atoms with Crippen LogP contribution in [-0.4, -0.2) is 25.3 Å². The first kappa shape index (κ1) is 17.5. The summed E-state index contributed by atoms with van der Waals surface area (Å²) in [5.74, 6) is 1.32. The maximum Gasteiger partial charge on any atom is 0.219 e. The molecule has 0 bridgehead atoms. The molecule has 1 N–H and O–H groups in total. The zero-order chi connectivity index (χ0) is 17.8. The van der Waals surface area contributed by atoms with Gasteiger partial charge in [0.1, 0.15) is 5.75 Å². The van der Waals surface area contributed by atoms with E-state index in [2.05, 4.69) is 5.32 Å². The summed E-state index contributed by atoms with van der Waals surface area (Å²) in [4.78, 5) is 24.2. The average Bonchev–Trinajstić information content (AvgIpc) is 3.45. The first-order chi connectivity index (χ1) is 12.1. The van der Waals surface area contributed by atoms with Crippen LogP contribution in [0, 0.1) is 5.92 Å². The van der Waals surface area contributed by atoms with Gasteiger partial charge in [0.15, 0.2) is 5.78 Å². The highest BCUT2D eigenvalue weighted by molar-refractivity contribution is 6.03. The van der Waals surface area contributed by atoms with Crippen LogP contribution in [0.5, 0.6) is 5.75 Å². The number of benzene rings is 2. The molecular weight excluding hydrogens is 314 g/mol. The third-order valence-electron chi connectivity index (χ3n) is 4.67. The van der Waals surface area contributed by atoms with E-state index in [0.717, 1.165) is 46.9 Å². The number of Topliss-reactive ketones (excluding diaryl/α,β-unsaturated/α-hetero) is 1. The van der Waals surface area contributed by atoms with Gasteiger partial charge in [0.25, 0.3) is 0 Å². The van der Waals surface area contributed by atoms with Gasteiger partial charge in [0, 0.05) is 24.4 Å². The Morgan fingerprint density at radius 2 is 2.00 bits per heavy atom. The summed E-state index contributed by atoms with van der Waals surface area (Å²) in [5, 5.41) is 5.08. The molecule has 0 atom stereocenters. The van der Waals surface area contributed by atoms with Gasteiger partial charge < -0.3 is 10.1 Å². The first-order valence-electron chi connectivity index (χ1n) is 9.04. The fourth-order valence-corrected chi connectivity index (χ4v) is 3.12. The molecule has 1 saturated carbocycles. The number of fused-ring (bicyclic) bond motifs is 1. The Balaban J connectivity index is 1.88. The van der Waals surface area contributed by atoms with Crippen molar-refractivity contribution in [3.8, 4) is 5.75 Å². The van der Waals surface area contributed by atoms with E-state index in [0.29, 0.717) is 19.4 Å². The van der Waals surface area contributed by atoms with Crippen LogP contribution in [0.15, 0.2) is 30.3 Å². The second kappa shape index (κ2) is 7.68. The topological polar surface area (TPSA) is 55.4 Å². The molecule has 132 valence electrons. The molecule has 2 aromatic rings. The predicted molar refractivity (Wildman–Crippen MR) is 99.2 cm³/mol. The predicted octanol–water partition coefficient (Wildman–Crippen LogP) is 3.90. The maximum atomic E-state index is 12.5. The monoisotopic (exact) mass is 339 g/mol. The minimum absolute atomic E-state index is 0.0783. The number of hydrogen-bond donors (Lipinski definition) is 1. The SMILES string of the molecule is CCCC(=O)NCCc1cc(C(=O)C2CC2)cc2ccc(OC)cc12. The Morgan fingerprint density at radius 3 is 2.68 bits per heavy atom. The molecular formula is C21H25NO3. The third-order valence-corrected chi connectivity index (χ3v) is 4.67. The molecule has 1 amide bonds. The van der Waals surface area contributed by atoms with Crippen LogP contribution in [0.25, 0.3) is 10.8 Å². The molecule has 0 saturated heterocycles. The van der Waals surface area contributed by atoms with Gasteiger partial charge in [-0.15, -0.1) is 0 Å². The fourth-order valence-electron chi connectivity index (χ4n) is 3.12. The van der Waals surface area contributed by atoms with E-state index in [1.165, 1.54) is 0 Å². The number of carbonyl (C=O) groups excluding carboxylic acids is 2. The summed E-state index contributed by atoms with van der Waals surface area (Å²) in [6, 6.07) is 9.89. The molecule has 0 heterocycles. The van der Waals surface area contributed by atoms with Crippen LogP contribution in [0.4, 0.5) is 0 Å². The average molecular weight is 339 g/mol. The normalized spacial score (nSPS) is 13.7. The number of methoxy groups -OCH3 is 1. The molecule has 0 radical (unpaired) electrons. The number of amides is 1. The van der Waals surface area contributed by atoms with E-state index >= 15 is 0 Å². The molecule has 25 heavy (non-hydrogen) atoms. The number of carbonyl (C=O) groups is 2. The minimum Gasteiger partial charge on any atom is -0.497 e. The number of ether oxygens (including phenoxy) is 1. The number of ketones is 1. The summed E-state index contributed by atoms with van der Waals surface area (Å²) in [5.41, 5.74) is 1.87. The molecule has 1 aliphatic carbocycles. The van der Waals surface area contributed by atoms with Crippen LogP contribution in [0.2, 0.25) is 0 Å². The van der Waals surface area contributed by atoms with E-state index in [-0.39, 0.29) is 17.6 Å². The highest BCUT2D eigenvalue weighted by Gasteiger charge is 2.30. The van der Waals surface area contributed by atoms with Gasteiger partial charge in [-0.05, 0) is 66.3 Å². The summed E-state index contributed by atoms with van der Waals surface area (Å²) >= 11 is 0. The standard InChI is InChI=1S/C21H25NO3/c1-3-4-20(23)22-10-9-16-12-17(21(24)14-5-6-14)11-15-7-8-18(25-2)13-19(15)16/h7-8,11-14H,3-6,9-10H2,1-2H3,(H,22,23). The van der Waals surface area contributed by atoms with E-state index in [1.54, 1.807) is 7.11 Å². The van der Waals surface area contributed by atoms with Crippen molar-refractivity contribution in [2.75, 3.05) is 13.7 Å². The van der Waals surface area contributed by atoms with Crippen molar-refractivity contribution in [2.24, 2.45) is 5.92 Å². The molecule has 0 spiro atoms. The highest BCUT2D eigenvalue weighted by Crippen LogP contribution is 2.34. The fraction of sp³-hybridized carbons (Fsp3) is 0.429. The smallest absolute Gasteiger partial charge is 0.219 e. The van der Waals surface area contributed by atoms with Gasteiger partial charge in [0.05, 0.1) is 7.11 Å². The van der Waals surface area contributed by atoms with Crippen molar-refractivity contribution in [1.82, 2.24) is 5.32 Å². The van der Waals surface area contributed by atoms with Crippen LogP contribution in [0.1, 0.15) is 48.5 Å². The van der Waals surface area contributed by atoms with Crippen LogP contribution in [-0.2, 0) is 11.2 Å². The molecule has 0 unspecified atom stereocenters. The molecule has 3 rings (SSSR count). The second-order valence-electron chi connectivity index (χ2n) is 6.71. The Labute approximate surface area is 148 Å². The van der Waals surface area contributed by atoms with Crippen molar-refractivity contribution >= 4 is 22.5 Å². The Hall–Kier alpha value is -2.36. The maximum absolute atomic E-state index is 12.5. The van der Waals surface area contributed by atoms with Gasteiger partial charge in [-0.3, -0.25) is 9.59 Å². The molecule has 0 aromatic heterocycles.